The molecular formula is C9H14S. The van der Waals surface area contributed by atoms with Crippen LogP contribution in [0.15, 0.2) is 11.0 Å². The van der Waals surface area contributed by atoms with Crippen LogP contribution < -0.4 is 0 Å². The molecule has 0 amide bonds. The third kappa shape index (κ3) is 1.01. The minimum absolute atomic E-state index is 0.957. The maximum absolute atomic E-state index is 2.38. The van der Waals surface area contributed by atoms with Crippen LogP contribution in [0.3, 0.4) is 0 Å². The average Bonchev–Trinajstić information content (AvgIpc) is 2.34. The van der Waals surface area contributed by atoms with Crippen LogP contribution in [0.4, 0.5) is 0 Å². The van der Waals surface area contributed by atoms with E-state index in [2.05, 4.69) is 24.1 Å². The van der Waals surface area contributed by atoms with Crippen molar-refractivity contribution in [2.75, 3.05) is 0 Å². The minimum atomic E-state index is 0.957. The Bertz CT molecular complexity index is 160. The van der Waals surface area contributed by atoms with E-state index in [0.717, 1.165) is 11.2 Å². The lowest BCUT2D eigenvalue weighted by atomic mass is 9.85. The number of hydrogen-bond donors (Lipinski definition) is 0. The number of rotatable bonds is 0. The Kier molecular flexibility index (Phi) is 1.77. The first-order valence-corrected chi connectivity index (χ1v) is 5.14. The van der Waals surface area contributed by atoms with Crippen molar-refractivity contribution in [1.29, 1.82) is 0 Å². The van der Waals surface area contributed by atoms with Gasteiger partial charge in [0.1, 0.15) is 0 Å². The van der Waals surface area contributed by atoms with Gasteiger partial charge in [-0.25, -0.2) is 0 Å². The van der Waals surface area contributed by atoms with Crippen molar-refractivity contribution < 1.29 is 0 Å². The molecule has 0 radical (unpaired) electrons. The summed E-state index contributed by atoms with van der Waals surface area (Å²) in [6.45, 7) is 2.29. The van der Waals surface area contributed by atoms with Gasteiger partial charge in [-0.05, 0) is 31.1 Å². The molecule has 10 heavy (non-hydrogen) atoms. The molecule has 1 fully saturated rings. The fourth-order valence-electron chi connectivity index (χ4n) is 2.06. The number of fused-ring (bicyclic) bond motifs is 1. The summed E-state index contributed by atoms with van der Waals surface area (Å²) in [6.07, 6.45) is 5.85. The van der Waals surface area contributed by atoms with E-state index < -0.39 is 0 Å². The predicted molar refractivity (Wildman–Crippen MR) is 47.1 cm³/mol. The van der Waals surface area contributed by atoms with Crippen molar-refractivity contribution in [3.63, 3.8) is 0 Å². The Labute approximate surface area is 67.1 Å². The van der Waals surface area contributed by atoms with Crippen LogP contribution in [0.25, 0.3) is 0 Å². The van der Waals surface area contributed by atoms with E-state index in [1.807, 2.05) is 0 Å². The van der Waals surface area contributed by atoms with Crippen molar-refractivity contribution >= 4 is 11.8 Å². The zero-order chi connectivity index (χ0) is 6.97. The molecular weight excluding hydrogens is 140 g/mol. The Morgan fingerprint density at radius 3 is 3.00 bits per heavy atom. The maximum Gasteiger partial charge on any atom is 0.0154 e. The molecule has 0 spiro atoms. The first-order valence-electron chi connectivity index (χ1n) is 4.20. The second-order valence-electron chi connectivity index (χ2n) is 3.43. The highest BCUT2D eigenvalue weighted by Crippen LogP contribution is 2.43. The molecule has 2 atom stereocenters. The Balaban J connectivity index is 2.08. The van der Waals surface area contributed by atoms with Crippen molar-refractivity contribution in [1.82, 2.24) is 0 Å². The van der Waals surface area contributed by atoms with Gasteiger partial charge in [0, 0.05) is 5.25 Å². The zero-order valence-electron chi connectivity index (χ0n) is 6.47. The van der Waals surface area contributed by atoms with E-state index in [9.17, 15) is 0 Å². The SMILES string of the molecule is CC1=CSC2CCCCC12. The number of thioether (sulfide) groups is 1. The van der Waals surface area contributed by atoms with Gasteiger partial charge in [0.05, 0.1) is 0 Å². The molecule has 0 nitrogen and oxygen atoms in total. The van der Waals surface area contributed by atoms with E-state index in [-0.39, 0.29) is 0 Å². The first kappa shape index (κ1) is 6.78. The van der Waals surface area contributed by atoms with Gasteiger partial charge in [0.25, 0.3) is 0 Å². The molecule has 0 aromatic carbocycles. The standard InChI is InChI=1S/C9H14S/c1-7-6-10-9-5-3-2-4-8(7)9/h6,8-9H,2-5H2,1H3. The summed E-state index contributed by atoms with van der Waals surface area (Å²) in [5.41, 5.74) is 1.65. The summed E-state index contributed by atoms with van der Waals surface area (Å²) in [6, 6.07) is 0. The molecule has 0 N–H and O–H groups in total. The predicted octanol–water partition coefficient (Wildman–Crippen LogP) is 3.20. The summed E-state index contributed by atoms with van der Waals surface area (Å²) in [7, 11) is 0. The van der Waals surface area contributed by atoms with E-state index in [0.29, 0.717) is 0 Å². The molecule has 2 aliphatic rings. The summed E-state index contributed by atoms with van der Waals surface area (Å²) in [5, 5.41) is 3.34. The molecule has 2 rings (SSSR count). The van der Waals surface area contributed by atoms with Crippen LogP contribution in [0, 0.1) is 5.92 Å². The summed E-state index contributed by atoms with van der Waals surface area (Å²) < 4.78 is 0. The normalized spacial score (nSPS) is 39.1. The second-order valence-corrected chi connectivity index (χ2v) is 4.54. The van der Waals surface area contributed by atoms with Crippen molar-refractivity contribution in [2.45, 2.75) is 37.9 Å². The lowest BCUT2D eigenvalue weighted by molar-refractivity contribution is 0.422. The van der Waals surface area contributed by atoms with Crippen molar-refractivity contribution in [3.05, 3.63) is 11.0 Å². The molecule has 0 aromatic rings. The summed E-state index contributed by atoms with van der Waals surface area (Å²) in [5.74, 6) is 0.957. The number of allylic oxidation sites excluding steroid dienone is 1. The van der Waals surface area contributed by atoms with E-state index in [1.165, 1.54) is 25.7 Å². The Hall–Kier alpha value is 0.0900. The summed E-state index contributed by atoms with van der Waals surface area (Å²) in [4.78, 5) is 0. The van der Waals surface area contributed by atoms with Gasteiger partial charge in [-0.3, -0.25) is 0 Å². The van der Waals surface area contributed by atoms with Crippen molar-refractivity contribution in [3.8, 4) is 0 Å². The van der Waals surface area contributed by atoms with Crippen LogP contribution in [0.5, 0.6) is 0 Å². The Morgan fingerprint density at radius 2 is 2.20 bits per heavy atom. The topological polar surface area (TPSA) is 0 Å². The molecule has 0 bridgehead atoms. The molecule has 1 heteroatoms. The number of hydrogen-bond acceptors (Lipinski definition) is 1. The molecule has 56 valence electrons. The molecule has 1 heterocycles. The average molecular weight is 154 g/mol. The maximum atomic E-state index is 2.38. The fraction of sp³-hybridized carbons (Fsp3) is 0.778. The van der Waals surface area contributed by atoms with Gasteiger partial charge in [0.15, 0.2) is 0 Å². The Morgan fingerprint density at radius 1 is 1.40 bits per heavy atom. The van der Waals surface area contributed by atoms with E-state index in [4.69, 9.17) is 0 Å². The van der Waals surface area contributed by atoms with Crippen LogP contribution in [0.1, 0.15) is 32.6 Å². The van der Waals surface area contributed by atoms with Gasteiger partial charge >= 0.3 is 0 Å². The van der Waals surface area contributed by atoms with Crippen LogP contribution >= 0.6 is 11.8 Å². The highest BCUT2D eigenvalue weighted by Gasteiger charge is 2.29. The second kappa shape index (κ2) is 2.61. The quantitative estimate of drug-likeness (QED) is 0.516. The molecule has 1 aliphatic heterocycles. The molecule has 0 aromatic heterocycles. The van der Waals surface area contributed by atoms with Gasteiger partial charge < -0.3 is 0 Å². The smallest absolute Gasteiger partial charge is 0.0154 e. The highest BCUT2D eigenvalue weighted by molar-refractivity contribution is 8.03. The van der Waals surface area contributed by atoms with Crippen molar-refractivity contribution in [2.24, 2.45) is 5.92 Å². The third-order valence-electron chi connectivity index (χ3n) is 2.72. The van der Waals surface area contributed by atoms with Gasteiger partial charge in [-0.1, -0.05) is 18.4 Å². The summed E-state index contributed by atoms with van der Waals surface area (Å²) >= 11 is 2.07. The third-order valence-corrected chi connectivity index (χ3v) is 4.14. The monoisotopic (exact) mass is 154 g/mol. The lowest BCUT2D eigenvalue weighted by Crippen LogP contribution is -2.18. The zero-order valence-corrected chi connectivity index (χ0v) is 7.29. The van der Waals surface area contributed by atoms with E-state index >= 15 is 0 Å². The minimum Gasteiger partial charge on any atom is -0.130 e. The van der Waals surface area contributed by atoms with Crippen LogP contribution in [-0.4, -0.2) is 5.25 Å². The molecule has 1 aliphatic carbocycles. The van der Waals surface area contributed by atoms with Crippen LogP contribution in [-0.2, 0) is 0 Å². The lowest BCUT2D eigenvalue weighted by Gasteiger charge is -2.25. The van der Waals surface area contributed by atoms with Gasteiger partial charge in [-0.15, -0.1) is 11.8 Å². The fourth-order valence-corrected chi connectivity index (χ4v) is 3.47. The van der Waals surface area contributed by atoms with Crippen LogP contribution in [0.2, 0.25) is 0 Å². The highest BCUT2D eigenvalue weighted by atomic mass is 32.2. The van der Waals surface area contributed by atoms with Gasteiger partial charge in [-0.2, -0.15) is 0 Å². The first-order chi connectivity index (χ1) is 4.88. The molecule has 0 saturated heterocycles. The van der Waals surface area contributed by atoms with E-state index in [1.54, 1.807) is 5.57 Å². The largest absolute Gasteiger partial charge is 0.130 e. The molecule has 2 unspecified atom stereocenters. The molecule has 1 saturated carbocycles. The van der Waals surface area contributed by atoms with Gasteiger partial charge in [0.2, 0.25) is 0 Å².